The van der Waals surface area contributed by atoms with Crippen molar-refractivity contribution in [2.24, 2.45) is 0 Å². The lowest BCUT2D eigenvalue weighted by atomic mass is 10.00. The van der Waals surface area contributed by atoms with Crippen LogP contribution in [0.15, 0.2) is 42.5 Å². The second-order valence-electron chi connectivity index (χ2n) is 5.61. The van der Waals surface area contributed by atoms with Gasteiger partial charge in [-0.15, -0.1) is 0 Å². The van der Waals surface area contributed by atoms with Crippen molar-refractivity contribution in [2.45, 2.75) is 13.0 Å². The predicted octanol–water partition coefficient (Wildman–Crippen LogP) is 3.16. The zero-order valence-corrected chi connectivity index (χ0v) is 12.5. The third-order valence-corrected chi connectivity index (χ3v) is 4.06. The van der Waals surface area contributed by atoms with E-state index in [1.807, 2.05) is 12.1 Å². The molecule has 1 aliphatic heterocycles. The minimum atomic E-state index is -0.335. The summed E-state index contributed by atoms with van der Waals surface area (Å²) in [6.45, 7) is 4.40. The Labute approximate surface area is 130 Å². The summed E-state index contributed by atoms with van der Waals surface area (Å²) in [5, 5.41) is 12.3. The van der Waals surface area contributed by atoms with Crippen LogP contribution in [0.2, 0.25) is 0 Å². The summed E-state index contributed by atoms with van der Waals surface area (Å²) >= 11 is 0. The van der Waals surface area contributed by atoms with Gasteiger partial charge in [0.05, 0.1) is 23.4 Å². The topological polar surface area (TPSA) is 39.1 Å². The first-order chi connectivity index (χ1) is 10.7. The number of rotatable bonds is 2. The molecule has 1 fully saturated rings. The number of nitrogens with zero attached hydrogens (tertiary/aromatic N) is 2. The number of aryl methyl sites for hydroxylation is 1. The second kappa shape index (κ2) is 6.17. The number of halogens is 1. The monoisotopic (exact) mass is 295 g/mol. The lowest BCUT2D eigenvalue weighted by Gasteiger charge is -2.38. The van der Waals surface area contributed by atoms with Crippen molar-refractivity contribution in [2.75, 3.05) is 24.5 Å². The van der Waals surface area contributed by atoms with Crippen LogP contribution in [0.4, 0.5) is 10.1 Å². The van der Waals surface area contributed by atoms with Crippen LogP contribution in [0, 0.1) is 24.1 Å². The molecule has 4 heteroatoms. The highest BCUT2D eigenvalue weighted by atomic mass is 19.1. The first-order valence-corrected chi connectivity index (χ1v) is 7.42. The normalized spacial score (nSPS) is 18.0. The van der Waals surface area contributed by atoms with Crippen molar-refractivity contribution in [1.29, 1.82) is 5.26 Å². The number of benzene rings is 2. The molecule has 2 aromatic rings. The van der Waals surface area contributed by atoms with Crippen molar-refractivity contribution in [1.82, 2.24) is 5.32 Å². The molecule has 2 aromatic carbocycles. The number of hydrogen-bond donors (Lipinski definition) is 1. The SMILES string of the molecule is Cc1cccc([C@@H]2CNCCN2c2ccc(C#N)cc2F)c1. The van der Waals surface area contributed by atoms with E-state index in [1.54, 1.807) is 12.1 Å². The van der Waals surface area contributed by atoms with Crippen molar-refractivity contribution >= 4 is 5.69 Å². The van der Waals surface area contributed by atoms with E-state index in [2.05, 4.69) is 35.3 Å². The van der Waals surface area contributed by atoms with Gasteiger partial charge in [-0.05, 0) is 30.7 Å². The molecule has 22 heavy (non-hydrogen) atoms. The lowest BCUT2D eigenvalue weighted by molar-refractivity contribution is 0.480. The van der Waals surface area contributed by atoms with Gasteiger partial charge in [0.1, 0.15) is 5.82 Å². The van der Waals surface area contributed by atoms with Gasteiger partial charge in [-0.25, -0.2) is 4.39 Å². The third-order valence-electron chi connectivity index (χ3n) is 4.06. The van der Waals surface area contributed by atoms with Crippen LogP contribution in [0.3, 0.4) is 0 Å². The van der Waals surface area contributed by atoms with Crippen LogP contribution in [-0.2, 0) is 0 Å². The highest BCUT2D eigenvalue weighted by Crippen LogP contribution is 2.31. The van der Waals surface area contributed by atoms with Gasteiger partial charge in [0.15, 0.2) is 0 Å². The van der Waals surface area contributed by atoms with E-state index in [4.69, 9.17) is 5.26 Å². The van der Waals surface area contributed by atoms with Gasteiger partial charge in [-0.3, -0.25) is 0 Å². The van der Waals surface area contributed by atoms with Crippen molar-refractivity contribution in [3.05, 3.63) is 65.0 Å². The summed E-state index contributed by atoms with van der Waals surface area (Å²) < 4.78 is 14.4. The third kappa shape index (κ3) is 2.81. The maximum Gasteiger partial charge on any atom is 0.147 e. The fraction of sp³-hybridized carbons (Fsp3) is 0.278. The van der Waals surface area contributed by atoms with E-state index in [0.717, 1.165) is 19.6 Å². The average Bonchev–Trinajstić information content (AvgIpc) is 2.55. The fourth-order valence-electron chi connectivity index (χ4n) is 2.98. The first kappa shape index (κ1) is 14.6. The number of anilines is 1. The first-order valence-electron chi connectivity index (χ1n) is 7.42. The molecule has 1 N–H and O–H groups in total. The van der Waals surface area contributed by atoms with Crippen LogP contribution in [0.5, 0.6) is 0 Å². The maximum absolute atomic E-state index is 14.4. The molecular formula is C18H18FN3. The molecule has 1 saturated heterocycles. The van der Waals surface area contributed by atoms with E-state index >= 15 is 0 Å². The standard InChI is InChI=1S/C18H18FN3/c1-13-3-2-4-15(9-13)18-12-21-7-8-22(18)17-6-5-14(11-20)10-16(17)19/h2-6,9-10,18,21H,7-8,12H2,1H3/t18-/m0/s1. The van der Waals surface area contributed by atoms with Crippen LogP contribution in [0.1, 0.15) is 22.7 Å². The van der Waals surface area contributed by atoms with Gasteiger partial charge < -0.3 is 10.2 Å². The largest absolute Gasteiger partial charge is 0.360 e. The molecule has 0 bridgehead atoms. The molecule has 0 unspecified atom stereocenters. The zero-order chi connectivity index (χ0) is 15.5. The van der Waals surface area contributed by atoms with E-state index in [1.165, 1.54) is 17.2 Å². The Morgan fingerprint density at radius 3 is 2.86 bits per heavy atom. The minimum absolute atomic E-state index is 0.0936. The van der Waals surface area contributed by atoms with Gasteiger partial charge >= 0.3 is 0 Å². The van der Waals surface area contributed by atoms with Crippen LogP contribution in [-0.4, -0.2) is 19.6 Å². The summed E-state index contributed by atoms with van der Waals surface area (Å²) in [5.74, 6) is -0.335. The van der Waals surface area contributed by atoms with Crippen LogP contribution >= 0.6 is 0 Å². The highest BCUT2D eigenvalue weighted by molar-refractivity contribution is 5.53. The number of nitrogens with one attached hydrogen (secondary N) is 1. The van der Waals surface area contributed by atoms with E-state index in [9.17, 15) is 4.39 Å². The molecule has 0 aliphatic carbocycles. The smallest absolute Gasteiger partial charge is 0.147 e. The fourth-order valence-corrected chi connectivity index (χ4v) is 2.98. The lowest BCUT2D eigenvalue weighted by Crippen LogP contribution is -2.46. The molecule has 0 amide bonds. The molecule has 0 aromatic heterocycles. The van der Waals surface area contributed by atoms with Crippen molar-refractivity contribution in [3.63, 3.8) is 0 Å². The van der Waals surface area contributed by atoms with E-state index in [-0.39, 0.29) is 11.9 Å². The molecule has 0 radical (unpaired) electrons. The minimum Gasteiger partial charge on any atom is -0.360 e. The molecule has 112 valence electrons. The Balaban J connectivity index is 1.98. The van der Waals surface area contributed by atoms with Gasteiger partial charge in [-0.1, -0.05) is 29.8 Å². The van der Waals surface area contributed by atoms with Gasteiger partial charge in [-0.2, -0.15) is 5.26 Å². The Bertz CT molecular complexity index is 721. The highest BCUT2D eigenvalue weighted by Gasteiger charge is 2.26. The molecule has 3 rings (SSSR count). The predicted molar refractivity (Wildman–Crippen MR) is 85.3 cm³/mol. The van der Waals surface area contributed by atoms with E-state index < -0.39 is 0 Å². The summed E-state index contributed by atoms with van der Waals surface area (Å²) in [6, 6.07) is 15.1. The quantitative estimate of drug-likeness (QED) is 0.925. The molecule has 0 spiro atoms. The number of piperazine rings is 1. The van der Waals surface area contributed by atoms with Crippen molar-refractivity contribution in [3.8, 4) is 6.07 Å². The summed E-state index contributed by atoms with van der Waals surface area (Å²) in [6.07, 6.45) is 0. The number of hydrogen-bond acceptors (Lipinski definition) is 3. The Morgan fingerprint density at radius 1 is 1.27 bits per heavy atom. The molecule has 1 aliphatic rings. The Hall–Kier alpha value is -2.38. The van der Waals surface area contributed by atoms with Crippen molar-refractivity contribution < 1.29 is 4.39 Å². The molecule has 1 heterocycles. The van der Waals surface area contributed by atoms with E-state index in [0.29, 0.717) is 11.3 Å². The van der Waals surface area contributed by atoms with Gasteiger partial charge in [0, 0.05) is 19.6 Å². The molecule has 1 atom stereocenters. The van der Waals surface area contributed by atoms with Crippen LogP contribution < -0.4 is 10.2 Å². The molecule has 0 saturated carbocycles. The number of nitriles is 1. The Kier molecular flexibility index (Phi) is 4.08. The molecule has 3 nitrogen and oxygen atoms in total. The summed E-state index contributed by atoms with van der Waals surface area (Å²) in [7, 11) is 0. The maximum atomic E-state index is 14.4. The average molecular weight is 295 g/mol. The summed E-state index contributed by atoms with van der Waals surface area (Å²) in [4.78, 5) is 2.09. The van der Waals surface area contributed by atoms with Crippen LogP contribution in [0.25, 0.3) is 0 Å². The summed E-state index contributed by atoms with van der Waals surface area (Å²) in [5.41, 5.74) is 3.29. The van der Waals surface area contributed by atoms with Gasteiger partial charge in [0.2, 0.25) is 0 Å². The second-order valence-corrected chi connectivity index (χ2v) is 5.61. The Morgan fingerprint density at radius 2 is 2.14 bits per heavy atom. The molecular weight excluding hydrogens is 277 g/mol. The zero-order valence-electron chi connectivity index (χ0n) is 12.5. The van der Waals surface area contributed by atoms with Gasteiger partial charge in [0.25, 0.3) is 0 Å².